The van der Waals surface area contributed by atoms with E-state index in [9.17, 15) is 31.5 Å². The molecule has 0 saturated carbocycles. The molecule has 0 rings (SSSR count). The maximum absolute atomic E-state index is 12.8. The lowest BCUT2D eigenvalue weighted by atomic mass is 10.2. The molecule has 132 valence electrons. The van der Waals surface area contributed by atoms with Gasteiger partial charge in [-0.25, -0.2) is 4.99 Å². The molecule has 0 aromatic rings. The third-order valence-electron chi connectivity index (χ3n) is 2.44. The molecule has 0 aliphatic heterocycles. The van der Waals surface area contributed by atoms with Crippen LogP contribution in [0, 0.1) is 0 Å². The highest BCUT2D eigenvalue weighted by Crippen LogP contribution is 2.35. The Hall–Kier alpha value is -1.52. The molecule has 5 nitrogen and oxygen atoms in total. The van der Waals surface area contributed by atoms with Gasteiger partial charge in [0.15, 0.2) is 12.4 Å². The Morgan fingerprint density at radius 1 is 1.30 bits per heavy atom. The highest BCUT2D eigenvalue weighted by Gasteiger charge is 2.58. The first-order chi connectivity index (χ1) is 10.5. The normalized spacial score (nSPS) is 13.7. The van der Waals surface area contributed by atoms with Crippen molar-refractivity contribution in [3.05, 3.63) is 11.6 Å². The SMILES string of the molecule is C/C(=C\C/N=C(/OCC(F)(F)C(F)(F)F)N(C)C=O)C(=O)CBr. The number of Topliss-reactive ketones (excluding diaryl/α,β-unsaturated/α-hetero) is 1. The predicted octanol–water partition coefficient (Wildman–Crippen LogP) is 2.56. The lowest BCUT2D eigenvalue weighted by Crippen LogP contribution is -2.43. The number of amidine groups is 1. The molecule has 0 aliphatic carbocycles. The summed E-state index contributed by atoms with van der Waals surface area (Å²) in [6, 6.07) is -0.723. The van der Waals surface area contributed by atoms with Gasteiger partial charge in [-0.2, -0.15) is 22.0 Å². The zero-order chi connectivity index (χ0) is 18.3. The second-order valence-electron chi connectivity index (χ2n) is 4.27. The van der Waals surface area contributed by atoms with Crippen LogP contribution >= 0.6 is 15.9 Å². The smallest absolute Gasteiger partial charge is 0.456 e. The number of carbonyl (C=O) groups is 2. The van der Waals surface area contributed by atoms with E-state index >= 15 is 0 Å². The van der Waals surface area contributed by atoms with E-state index in [0.29, 0.717) is 10.5 Å². The van der Waals surface area contributed by atoms with Gasteiger partial charge < -0.3 is 4.74 Å². The van der Waals surface area contributed by atoms with E-state index in [1.54, 1.807) is 0 Å². The number of amides is 1. The van der Waals surface area contributed by atoms with Crippen molar-refractivity contribution in [2.75, 3.05) is 25.5 Å². The van der Waals surface area contributed by atoms with Gasteiger partial charge in [-0.15, -0.1) is 0 Å². The van der Waals surface area contributed by atoms with Crippen LogP contribution in [0.15, 0.2) is 16.6 Å². The molecule has 0 heterocycles. The van der Waals surface area contributed by atoms with Gasteiger partial charge in [0.1, 0.15) is 0 Å². The summed E-state index contributed by atoms with van der Waals surface area (Å²) in [5, 5.41) is 0.0639. The van der Waals surface area contributed by atoms with Crippen LogP contribution < -0.4 is 0 Å². The van der Waals surface area contributed by atoms with Gasteiger partial charge in [0.25, 0.3) is 6.02 Å². The van der Waals surface area contributed by atoms with E-state index in [2.05, 4.69) is 25.7 Å². The zero-order valence-electron chi connectivity index (χ0n) is 12.2. The highest BCUT2D eigenvalue weighted by molar-refractivity contribution is 9.09. The molecular weight excluding hydrogens is 395 g/mol. The Morgan fingerprint density at radius 3 is 2.30 bits per heavy atom. The molecule has 11 heteroatoms. The minimum Gasteiger partial charge on any atom is -0.458 e. The number of nitrogens with zero attached hydrogens (tertiary/aromatic N) is 2. The van der Waals surface area contributed by atoms with Gasteiger partial charge in [0.2, 0.25) is 6.41 Å². The van der Waals surface area contributed by atoms with Crippen LogP contribution in [0.25, 0.3) is 0 Å². The number of hydrogen-bond donors (Lipinski definition) is 0. The number of hydrogen-bond acceptors (Lipinski definition) is 4. The standard InChI is InChI=1S/C12H14BrF5N2O3/c1-8(9(22)5-13)3-4-19-10(20(2)7-21)23-6-11(14,15)12(16,17)18/h3,7H,4-6H2,1-2H3/b8-3+,19-10+. The maximum Gasteiger partial charge on any atom is 0.456 e. The second-order valence-corrected chi connectivity index (χ2v) is 4.84. The summed E-state index contributed by atoms with van der Waals surface area (Å²) >= 11 is 2.94. The third-order valence-corrected chi connectivity index (χ3v) is 2.95. The summed E-state index contributed by atoms with van der Waals surface area (Å²) in [5.41, 5.74) is 0.305. The molecule has 23 heavy (non-hydrogen) atoms. The van der Waals surface area contributed by atoms with Crippen molar-refractivity contribution in [3.63, 3.8) is 0 Å². The average Bonchev–Trinajstić information content (AvgIpc) is 2.47. The number of ketones is 1. The summed E-state index contributed by atoms with van der Waals surface area (Å²) in [6.45, 7) is -0.785. The predicted molar refractivity (Wildman–Crippen MR) is 75.6 cm³/mol. The van der Waals surface area contributed by atoms with E-state index in [1.807, 2.05) is 0 Å². The molecule has 0 radical (unpaired) electrons. The quantitative estimate of drug-likeness (QED) is 0.162. The molecule has 0 spiro atoms. The second kappa shape index (κ2) is 8.94. The minimum absolute atomic E-state index is 0.0639. The van der Waals surface area contributed by atoms with Crippen LogP contribution in [-0.4, -0.2) is 60.7 Å². The molecule has 1 amide bonds. The highest BCUT2D eigenvalue weighted by atomic mass is 79.9. The largest absolute Gasteiger partial charge is 0.458 e. The van der Waals surface area contributed by atoms with Crippen LogP contribution in [-0.2, 0) is 14.3 Å². The van der Waals surface area contributed by atoms with Gasteiger partial charge in [0, 0.05) is 7.05 Å². The molecule has 0 aromatic heterocycles. The molecule has 0 fully saturated rings. The summed E-state index contributed by atoms with van der Waals surface area (Å²) in [7, 11) is 1.07. The monoisotopic (exact) mass is 408 g/mol. The van der Waals surface area contributed by atoms with Crippen LogP contribution in [0.3, 0.4) is 0 Å². The van der Waals surface area contributed by atoms with E-state index in [1.165, 1.54) is 13.0 Å². The lowest BCUT2D eigenvalue weighted by molar-refractivity contribution is -0.291. The van der Waals surface area contributed by atoms with Crippen molar-refractivity contribution in [3.8, 4) is 0 Å². The van der Waals surface area contributed by atoms with Crippen molar-refractivity contribution in [2.24, 2.45) is 4.99 Å². The Balaban J connectivity index is 5.01. The number of halogens is 6. The Bertz CT molecular complexity index is 492. The summed E-state index contributed by atoms with van der Waals surface area (Å²) in [4.78, 5) is 26.0. The van der Waals surface area contributed by atoms with E-state index in [0.717, 1.165) is 7.05 Å². The molecular formula is C12H14BrF5N2O3. The molecule has 0 aliphatic rings. The van der Waals surface area contributed by atoms with Gasteiger partial charge in [-0.3, -0.25) is 14.5 Å². The zero-order valence-corrected chi connectivity index (χ0v) is 13.7. The first-order valence-electron chi connectivity index (χ1n) is 6.02. The first-order valence-corrected chi connectivity index (χ1v) is 7.14. The van der Waals surface area contributed by atoms with Crippen LogP contribution in [0.4, 0.5) is 22.0 Å². The molecule has 0 bridgehead atoms. The van der Waals surface area contributed by atoms with Crippen molar-refractivity contribution in [1.82, 2.24) is 4.90 Å². The number of allylic oxidation sites excluding steroid dienone is 1. The Morgan fingerprint density at radius 2 is 1.87 bits per heavy atom. The number of aliphatic imine (C=N–C) groups is 1. The van der Waals surface area contributed by atoms with Crippen molar-refractivity contribution >= 4 is 34.1 Å². The van der Waals surface area contributed by atoms with Crippen LogP contribution in [0.2, 0.25) is 0 Å². The minimum atomic E-state index is -5.78. The van der Waals surface area contributed by atoms with Gasteiger partial charge in [0.05, 0.1) is 11.9 Å². The fourth-order valence-electron chi connectivity index (χ4n) is 1.02. The Labute approximate surface area is 137 Å². The molecule has 0 N–H and O–H groups in total. The van der Waals surface area contributed by atoms with E-state index < -0.39 is 24.7 Å². The molecule has 0 aromatic carbocycles. The third kappa shape index (κ3) is 7.06. The fourth-order valence-corrected chi connectivity index (χ4v) is 1.46. The Kier molecular flexibility index (Phi) is 8.35. The van der Waals surface area contributed by atoms with E-state index in [-0.39, 0.29) is 24.1 Å². The lowest BCUT2D eigenvalue weighted by Gasteiger charge is -2.21. The molecule has 0 atom stereocenters. The number of carbonyl (C=O) groups excluding carboxylic acids is 2. The van der Waals surface area contributed by atoms with Crippen LogP contribution in [0.5, 0.6) is 0 Å². The molecule has 0 saturated heterocycles. The fraction of sp³-hybridized carbons (Fsp3) is 0.583. The number of rotatable bonds is 7. The summed E-state index contributed by atoms with van der Waals surface area (Å²) < 4.78 is 66.0. The summed E-state index contributed by atoms with van der Waals surface area (Å²) in [5.74, 6) is -5.34. The van der Waals surface area contributed by atoms with Gasteiger partial charge in [-0.1, -0.05) is 22.0 Å². The average molecular weight is 409 g/mol. The first kappa shape index (κ1) is 21.5. The van der Waals surface area contributed by atoms with Gasteiger partial charge >= 0.3 is 12.1 Å². The van der Waals surface area contributed by atoms with Crippen molar-refractivity contribution in [1.29, 1.82) is 0 Å². The maximum atomic E-state index is 12.8. The molecule has 0 unspecified atom stereocenters. The topological polar surface area (TPSA) is 59.0 Å². The summed E-state index contributed by atoms with van der Waals surface area (Å²) in [6.07, 6.45) is -4.34. The van der Waals surface area contributed by atoms with Gasteiger partial charge in [-0.05, 0) is 12.5 Å². The number of ether oxygens (including phenoxy) is 1. The van der Waals surface area contributed by atoms with Crippen molar-refractivity contribution < 1.29 is 36.3 Å². The van der Waals surface area contributed by atoms with Crippen LogP contribution in [0.1, 0.15) is 6.92 Å². The van der Waals surface area contributed by atoms with E-state index in [4.69, 9.17) is 0 Å². The van der Waals surface area contributed by atoms with Crippen molar-refractivity contribution in [2.45, 2.75) is 19.0 Å². The number of alkyl halides is 6.